The molecule has 12 heavy (non-hydrogen) atoms. The third-order valence-electron chi connectivity index (χ3n) is 1.84. The van der Waals surface area contributed by atoms with Crippen LogP contribution in [0.25, 0.3) is 0 Å². The fourth-order valence-corrected chi connectivity index (χ4v) is 2.91. The summed E-state index contributed by atoms with van der Waals surface area (Å²) in [6.07, 6.45) is 4.54. The van der Waals surface area contributed by atoms with Gasteiger partial charge in [-0.05, 0) is 10.8 Å². The summed E-state index contributed by atoms with van der Waals surface area (Å²) in [6.45, 7) is 0. The summed E-state index contributed by atoms with van der Waals surface area (Å²) in [5, 5.41) is 3.83. The highest BCUT2D eigenvalue weighted by molar-refractivity contribution is 8.21. The summed E-state index contributed by atoms with van der Waals surface area (Å²) in [5.41, 5.74) is 0. The molecule has 1 fully saturated rings. The summed E-state index contributed by atoms with van der Waals surface area (Å²) in [5.74, 6) is -0.0513. The van der Waals surface area contributed by atoms with Crippen LogP contribution in [0.15, 0.2) is 23.0 Å². The van der Waals surface area contributed by atoms with Gasteiger partial charge in [0.15, 0.2) is 0 Å². The second-order valence-electron chi connectivity index (χ2n) is 2.66. The van der Waals surface area contributed by atoms with Gasteiger partial charge in [-0.15, -0.1) is 11.1 Å². The van der Waals surface area contributed by atoms with Crippen molar-refractivity contribution in [2.45, 2.75) is 12.8 Å². The van der Waals surface area contributed by atoms with Crippen LogP contribution in [0.2, 0.25) is 0 Å². The monoisotopic (exact) mass is 183 g/mol. The largest absolute Gasteiger partial charge is 0.274 e. The van der Waals surface area contributed by atoms with Gasteiger partial charge in [0.25, 0.3) is 0 Å². The Bertz CT molecular complexity index is 267. The van der Waals surface area contributed by atoms with Crippen molar-refractivity contribution in [1.29, 1.82) is 0 Å². The molecule has 0 aliphatic carbocycles. The number of carbonyl (C=O) groups excluding carboxylic acids is 2. The lowest BCUT2D eigenvalue weighted by molar-refractivity contribution is -0.131. The van der Waals surface area contributed by atoms with Crippen molar-refractivity contribution in [3.05, 3.63) is 23.0 Å². The van der Waals surface area contributed by atoms with E-state index < -0.39 is 11.1 Å². The van der Waals surface area contributed by atoms with Gasteiger partial charge in [-0.1, -0.05) is 12.2 Å². The third kappa shape index (κ3) is 1.08. The first-order chi connectivity index (χ1) is 5.79. The molecule has 0 atom stereocenters. The quantitative estimate of drug-likeness (QED) is 0.488. The number of nitrogens with zero attached hydrogens (tertiary/aromatic N) is 1. The molecule has 0 spiro atoms. The highest BCUT2D eigenvalue weighted by Gasteiger charge is 2.31. The number of hydrogen-bond acceptors (Lipinski definition) is 2. The molecule has 0 unspecified atom stereocenters. The molecule has 2 aliphatic heterocycles. The van der Waals surface area contributed by atoms with Crippen molar-refractivity contribution in [2.75, 3.05) is 0 Å². The van der Waals surface area contributed by atoms with E-state index in [-0.39, 0.29) is 11.8 Å². The van der Waals surface area contributed by atoms with E-state index in [0.29, 0.717) is 12.8 Å². The molecule has 2 aliphatic rings. The number of hydrogen-bond donors (Lipinski definition) is 1. The second-order valence-corrected chi connectivity index (χ2v) is 4.42. The highest BCUT2D eigenvalue weighted by atomic mass is 32.2. The normalized spacial score (nSPS) is 24.7. The molecule has 2 rings (SSSR count). The zero-order valence-corrected chi connectivity index (χ0v) is 7.33. The Morgan fingerprint density at radius 3 is 2.08 bits per heavy atom. The maximum Gasteiger partial charge on any atom is 0.238 e. The van der Waals surface area contributed by atoms with E-state index in [2.05, 4.69) is 0 Å². The predicted octanol–water partition coefficient (Wildman–Crippen LogP) is 1.09. The fourth-order valence-electron chi connectivity index (χ4n) is 1.28. The van der Waals surface area contributed by atoms with Gasteiger partial charge < -0.3 is 0 Å². The van der Waals surface area contributed by atoms with Crippen LogP contribution in [0, 0.1) is 0 Å². The second kappa shape index (κ2) is 2.79. The van der Waals surface area contributed by atoms with E-state index in [4.69, 9.17) is 0 Å². The number of rotatable bonds is 1. The van der Waals surface area contributed by atoms with Gasteiger partial charge in [0.05, 0.1) is 0 Å². The number of thiol groups is 1. The lowest BCUT2D eigenvalue weighted by Gasteiger charge is -2.21. The van der Waals surface area contributed by atoms with E-state index in [1.165, 1.54) is 4.31 Å². The molecule has 0 aromatic heterocycles. The molecule has 0 saturated carbocycles. The van der Waals surface area contributed by atoms with Crippen LogP contribution in [-0.4, -0.2) is 16.1 Å². The first-order valence-electron chi connectivity index (χ1n) is 3.78. The van der Waals surface area contributed by atoms with Gasteiger partial charge >= 0.3 is 0 Å². The standard InChI is InChI=1S/C8H9NO2S/c10-7-3-4-8(11)9(7)12-5-1-2-6-12/h1-2,5-6,12H,3-4H2. The number of carbonyl (C=O) groups is 2. The van der Waals surface area contributed by atoms with Crippen LogP contribution in [0.5, 0.6) is 0 Å². The molecule has 0 bridgehead atoms. The average Bonchev–Trinajstić information content (AvgIpc) is 2.61. The molecule has 64 valence electrons. The van der Waals surface area contributed by atoms with Crippen LogP contribution in [-0.2, 0) is 9.59 Å². The van der Waals surface area contributed by atoms with Crippen molar-refractivity contribution in [3.63, 3.8) is 0 Å². The summed E-state index contributed by atoms with van der Waals surface area (Å²) >= 11 is -0.752. The molecule has 1 saturated heterocycles. The Morgan fingerprint density at radius 1 is 1.08 bits per heavy atom. The van der Waals surface area contributed by atoms with Crippen molar-refractivity contribution >= 4 is 22.9 Å². The third-order valence-corrected chi connectivity index (χ3v) is 3.71. The highest BCUT2D eigenvalue weighted by Crippen LogP contribution is 2.40. The van der Waals surface area contributed by atoms with Crippen LogP contribution in [0.1, 0.15) is 12.8 Å². The number of amides is 2. The molecular weight excluding hydrogens is 174 g/mol. The Kier molecular flexibility index (Phi) is 1.77. The van der Waals surface area contributed by atoms with Gasteiger partial charge in [-0.25, -0.2) is 4.31 Å². The molecule has 2 amide bonds. The Morgan fingerprint density at radius 2 is 1.58 bits per heavy atom. The minimum absolute atomic E-state index is 0.0256. The van der Waals surface area contributed by atoms with E-state index >= 15 is 0 Å². The zero-order valence-electron chi connectivity index (χ0n) is 6.43. The van der Waals surface area contributed by atoms with Gasteiger partial charge in [-0.3, -0.25) is 9.59 Å². The number of allylic oxidation sites excluding steroid dienone is 2. The Balaban J connectivity index is 2.21. The van der Waals surface area contributed by atoms with Crippen LogP contribution < -0.4 is 0 Å². The summed E-state index contributed by atoms with van der Waals surface area (Å²) < 4.78 is 1.40. The Labute approximate surface area is 73.2 Å². The lowest BCUT2D eigenvalue weighted by atomic mass is 10.4. The van der Waals surface area contributed by atoms with Crippen LogP contribution in [0.4, 0.5) is 0 Å². The molecule has 0 radical (unpaired) electrons. The molecule has 2 heterocycles. The van der Waals surface area contributed by atoms with Crippen molar-refractivity contribution in [1.82, 2.24) is 4.31 Å². The first kappa shape index (κ1) is 7.61. The predicted molar refractivity (Wildman–Crippen MR) is 48.4 cm³/mol. The van der Waals surface area contributed by atoms with E-state index in [9.17, 15) is 9.59 Å². The van der Waals surface area contributed by atoms with Gasteiger partial charge in [0.1, 0.15) is 0 Å². The van der Waals surface area contributed by atoms with Crippen molar-refractivity contribution < 1.29 is 9.59 Å². The van der Waals surface area contributed by atoms with Crippen molar-refractivity contribution in [3.8, 4) is 0 Å². The van der Waals surface area contributed by atoms with Gasteiger partial charge in [0.2, 0.25) is 11.8 Å². The number of imide groups is 1. The minimum Gasteiger partial charge on any atom is -0.274 e. The van der Waals surface area contributed by atoms with E-state index in [1.54, 1.807) is 0 Å². The minimum atomic E-state index is -0.752. The SMILES string of the molecule is O=C1CCC(=O)N1[SH]1C=CC=C1. The maximum atomic E-state index is 11.2. The fraction of sp³-hybridized carbons (Fsp3) is 0.250. The molecule has 0 aromatic carbocycles. The maximum absolute atomic E-state index is 11.2. The summed E-state index contributed by atoms with van der Waals surface area (Å²) in [4.78, 5) is 22.5. The molecule has 0 aromatic rings. The van der Waals surface area contributed by atoms with Gasteiger partial charge in [0, 0.05) is 12.8 Å². The smallest absolute Gasteiger partial charge is 0.238 e. The van der Waals surface area contributed by atoms with Crippen LogP contribution in [0.3, 0.4) is 0 Å². The molecule has 4 heteroatoms. The first-order valence-corrected chi connectivity index (χ1v) is 5.21. The van der Waals surface area contributed by atoms with Crippen LogP contribution >= 0.6 is 11.1 Å². The van der Waals surface area contributed by atoms with E-state index in [1.807, 2.05) is 23.0 Å². The molecular formula is C8H9NO2S. The summed E-state index contributed by atoms with van der Waals surface area (Å²) in [6, 6.07) is 0. The van der Waals surface area contributed by atoms with Crippen molar-refractivity contribution in [2.24, 2.45) is 0 Å². The van der Waals surface area contributed by atoms with E-state index in [0.717, 1.165) is 0 Å². The lowest BCUT2D eigenvalue weighted by Crippen LogP contribution is -2.23. The topological polar surface area (TPSA) is 37.4 Å². The Hall–Kier alpha value is -1.03. The molecule has 3 nitrogen and oxygen atoms in total. The average molecular weight is 183 g/mol. The zero-order chi connectivity index (χ0) is 8.55. The van der Waals surface area contributed by atoms with Gasteiger partial charge in [-0.2, -0.15) is 0 Å². The molecule has 0 N–H and O–H groups in total. The summed E-state index contributed by atoms with van der Waals surface area (Å²) in [7, 11) is 0.